The molecule has 0 unspecified atom stereocenters. The fraction of sp³-hybridized carbons (Fsp3) is 0.333. The van der Waals surface area contributed by atoms with Crippen LogP contribution >= 0.6 is 27.5 Å². The monoisotopic (exact) mass is 426 g/mol. The predicted octanol–water partition coefficient (Wildman–Crippen LogP) is 2.27. The van der Waals surface area contributed by atoms with Crippen LogP contribution in [0.15, 0.2) is 9.40 Å². The van der Waals surface area contributed by atoms with Crippen molar-refractivity contribution >= 4 is 44.6 Å². The van der Waals surface area contributed by atoms with Crippen molar-refractivity contribution in [2.45, 2.75) is 26.3 Å². The van der Waals surface area contributed by atoms with Crippen molar-refractivity contribution in [3.63, 3.8) is 0 Å². The second kappa shape index (κ2) is 6.64. The van der Waals surface area contributed by atoms with E-state index in [1.807, 2.05) is 13.8 Å². The van der Waals surface area contributed by atoms with Crippen LogP contribution < -0.4 is 16.2 Å². The summed E-state index contributed by atoms with van der Waals surface area (Å²) in [7, 11) is 1.60. The SMILES string of the molecule is COc1c(C)c(Br)nc(Cn2c(=O)[nH]c3c(CCl)nc(N)nc32)c1C. The highest BCUT2D eigenvalue weighted by Gasteiger charge is 2.18. The molecule has 0 aliphatic rings. The number of pyridine rings is 1. The third-order valence-corrected chi connectivity index (χ3v) is 5.04. The molecule has 0 atom stereocenters. The van der Waals surface area contributed by atoms with Crippen LogP contribution in [0.3, 0.4) is 0 Å². The Morgan fingerprint density at radius 3 is 2.60 bits per heavy atom. The van der Waals surface area contributed by atoms with Gasteiger partial charge in [-0.25, -0.2) is 14.8 Å². The van der Waals surface area contributed by atoms with E-state index in [9.17, 15) is 4.79 Å². The lowest BCUT2D eigenvalue weighted by Gasteiger charge is -2.14. The van der Waals surface area contributed by atoms with Crippen LogP contribution in [0.5, 0.6) is 5.75 Å². The first kappa shape index (κ1) is 17.7. The van der Waals surface area contributed by atoms with E-state index in [4.69, 9.17) is 22.1 Å². The zero-order valence-corrected chi connectivity index (χ0v) is 16.2. The minimum absolute atomic E-state index is 0.0586. The number of anilines is 1. The maximum atomic E-state index is 12.4. The van der Waals surface area contributed by atoms with Gasteiger partial charge in [-0.3, -0.25) is 4.57 Å². The number of methoxy groups -OCH3 is 1. The quantitative estimate of drug-likeness (QED) is 0.488. The van der Waals surface area contributed by atoms with Gasteiger partial charge in [0.05, 0.1) is 30.9 Å². The molecule has 0 aliphatic heterocycles. The van der Waals surface area contributed by atoms with Crippen molar-refractivity contribution in [2.24, 2.45) is 0 Å². The number of H-pyrrole nitrogens is 1. The van der Waals surface area contributed by atoms with Gasteiger partial charge >= 0.3 is 5.69 Å². The van der Waals surface area contributed by atoms with E-state index in [0.717, 1.165) is 16.9 Å². The van der Waals surface area contributed by atoms with Crippen LogP contribution in [-0.2, 0) is 12.4 Å². The number of rotatable bonds is 4. The molecule has 8 nitrogen and oxygen atoms in total. The lowest BCUT2D eigenvalue weighted by atomic mass is 10.1. The van der Waals surface area contributed by atoms with E-state index in [0.29, 0.717) is 27.2 Å². The molecule has 3 rings (SSSR count). The van der Waals surface area contributed by atoms with Crippen LogP contribution in [0.2, 0.25) is 0 Å². The van der Waals surface area contributed by atoms with Crippen molar-refractivity contribution in [3.8, 4) is 5.75 Å². The van der Waals surface area contributed by atoms with E-state index in [1.54, 1.807) is 7.11 Å². The Morgan fingerprint density at radius 2 is 1.96 bits per heavy atom. The molecule has 3 aromatic heterocycles. The number of nitrogens with zero attached hydrogens (tertiary/aromatic N) is 4. The number of aromatic amines is 1. The minimum Gasteiger partial charge on any atom is -0.496 e. The fourth-order valence-corrected chi connectivity index (χ4v) is 3.34. The minimum atomic E-state index is -0.335. The lowest BCUT2D eigenvalue weighted by molar-refractivity contribution is 0.406. The smallest absolute Gasteiger partial charge is 0.328 e. The average molecular weight is 428 g/mol. The van der Waals surface area contributed by atoms with Crippen LogP contribution in [0, 0.1) is 13.8 Å². The summed E-state index contributed by atoms with van der Waals surface area (Å²) in [5, 5.41) is 0. The Kier molecular flexibility index (Phi) is 4.70. The van der Waals surface area contributed by atoms with Gasteiger partial charge in [0.15, 0.2) is 5.65 Å². The summed E-state index contributed by atoms with van der Waals surface area (Å²) in [6.07, 6.45) is 0. The average Bonchev–Trinajstić information content (AvgIpc) is 2.88. The van der Waals surface area contributed by atoms with Crippen molar-refractivity contribution in [1.82, 2.24) is 24.5 Å². The molecule has 0 radical (unpaired) electrons. The van der Waals surface area contributed by atoms with Crippen LogP contribution in [0.4, 0.5) is 5.95 Å². The molecule has 0 fully saturated rings. The number of aromatic nitrogens is 5. The Morgan fingerprint density at radius 1 is 1.24 bits per heavy atom. The topological polar surface area (TPSA) is 112 Å². The van der Waals surface area contributed by atoms with Gasteiger partial charge < -0.3 is 15.5 Å². The number of imidazole rings is 1. The Balaban J connectivity index is 2.20. The van der Waals surface area contributed by atoms with Gasteiger partial charge in [-0.15, -0.1) is 11.6 Å². The molecule has 0 spiro atoms. The maximum absolute atomic E-state index is 12.4. The number of hydrogen-bond donors (Lipinski definition) is 2. The number of hydrogen-bond acceptors (Lipinski definition) is 6. The zero-order valence-electron chi connectivity index (χ0n) is 13.9. The molecule has 3 aromatic rings. The first-order valence-corrected chi connectivity index (χ1v) is 8.70. The van der Waals surface area contributed by atoms with Gasteiger partial charge in [-0.1, -0.05) is 0 Å². The summed E-state index contributed by atoms with van der Waals surface area (Å²) < 4.78 is 7.58. The highest BCUT2D eigenvalue weighted by Crippen LogP contribution is 2.30. The van der Waals surface area contributed by atoms with Gasteiger partial charge in [0, 0.05) is 11.1 Å². The van der Waals surface area contributed by atoms with Gasteiger partial charge in [0.1, 0.15) is 15.9 Å². The summed E-state index contributed by atoms with van der Waals surface area (Å²) >= 11 is 9.32. The molecule has 0 aliphatic carbocycles. The summed E-state index contributed by atoms with van der Waals surface area (Å²) in [5.41, 5.74) is 9.18. The Bertz CT molecular complexity index is 1030. The van der Waals surface area contributed by atoms with Gasteiger partial charge in [0.25, 0.3) is 0 Å². The molecule has 0 saturated heterocycles. The Labute approximate surface area is 156 Å². The zero-order chi connectivity index (χ0) is 18.3. The molecule has 0 amide bonds. The number of nitrogens with one attached hydrogen (secondary N) is 1. The number of fused-ring (bicyclic) bond motifs is 1. The summed E-state index contributed by atoms with van der Waals surface area (Å²) in [4.78, 5) is 27.9. The van der Waals surface area contributed by atoms with Crippen molar-refractivity contribution < 1.29 is 4.74 Å². The molecular formula is C15H16BrClN6O2. The molecule has 0 aromatic carbocycles. The normalized spacial score (nSPS) is 11.2. The third-order valence-electron chi connectivity index (χ3n) is 4.01. The second-order valence-corrected chi connectivity index (χ2v) is 6.53. The van der Waals surface area contributed by atoms with Crippen molar-refractivity contribution in [3.05, 3.63) is 37.6 Å². The van der Waals surface area contributed by atoms with Gasteiger partial charge in [0.2, 0.25) is 5.95 Å². The molecule has 3 heterocycles. The summed E-state index contributed by atoms with van der Waals surface area (Å²) in [6.45, 7) is 4.01. The second-order valence-electron chi connectivity index (χ2n) is 5.51. The van der Waals surface area contributed by atoms with E-state index >= 15 is 0 Å². The first-order chi connectivity index (χ1) is 11.9. The predicted molar refractivity (Wildman–Crippen MR) is 99.2 cm³/mol. The fourth-order valence-electron chi connectivity index (χ4n) is 2.75. The van der Waals surface area contributed by atoms with Gasteiger partial charge in [-0.2, -0.15) is 4.98 Å². The number of halogens is 2. The first-order valence-electron chi connectivity index (χ1n) is 7.37. The van der Waals surface area contributed by atoms with E-state index in [2.05, 4.69) is 35.9 Å². The van der Waals surface area contributed by atoms with Crippen molar-refractivity contribution in [1.29, 1.82) is 0 Å². The van der Waals surface area contributed by atoms with Crippen LogP contribution in [0.1, 0.15) is 22.5 Å². The summed E-state index contributed by atoms with van der Waals surface area (Å²) in [6, 6.07) is 0. The highest BCUT2D eigenvalue weighted by atomic mass is 79.9. The molecular weight excluding hydrogens is 412 g/mol. The molecule has 0 saturated carbocycles. The van der Waals surface area contributed by atoms with Crippen LogP contribution in [-0.4, -0.2) is 31.6 Å². The Hall–Kier alpha value is -2.13. The number of nitrogen functional groups attached to an aromatic ring is 1. The molecule has 25 heavy (non-hydrogen) atoms. The third kappa shape index (κ3) is 2.98. The van der Waals surface area contributed by atoms with E-state index in [-0.39, 0.29) is 24.1 Å². The number of alkyl halides is 1. The standard InChI is InChI=1S/C15H16BrClN6O2/c1-6-9(19-12(16)7(2)11(6)25-3)5-23-13-10(21-15(23)24)8(4-17)20-14(18)22-13/h4-5H2,1-3H3,(H,21,24)(H2,18,20,22). The van der Waals surface area contributed by atoms with Crippen molar-refractivity contribution in [2.75, 3.05) is 12.8 Å². The number of nitrogens with two attached hydrogens (primary N) is 1. The summed E-state index contributed by atoms with van der Waals surface area (Å²) in [5.74, 6) is 0.897. The molecule has 0 bridgehead atoms. The van der Waals surface area contributed by atoms with E-state index in [1.165, 1.54) is 4.57 Å². The largest absolute Gasteiger partial charge is 0.496 e. The van der Waals surface area contributed by atoms with Gasteiger partial charge in [-0.05, 0) is 29.8 Å². The molecule has 10 heteroatoms. The lowest BCUT2D eigenvalue weighted by Crippen LogP contribution is -2.19. The molecule has 3 N–H and O–H groups in total. The van der Waals surface area contributed by atoms with E-state index < -0.39 is 0 Å². The maximum Gasteiger partial charge on any atom is 0.328 e. The molecule has 132 valence electrons. The van der Waals surface area contributed by atoms with Crippen LogP contribution in [0.25, 0.3) is 11.2 Å². The highest BCUT2D eigenvalue weighted by molar-refractivity contribution is 9.10. The number of ether oxygens (including phenoxy) is 1.